The van der Waals surface area contributed by atoms with Crippen LogP contribution in [0.4, 0.5) is 0 Å². The maximum atomic E-state index is 12.3. The summed E-state index contributed by atoms with van der Waals surface area (Å²) in [6.07, 6.45) is 1.42. The SMILES string of the molecule is CC(C(=O)OCC(=O)OCCCCO[N+](=O)[O-])c1ccc2cc(OC(=O)CBr)ccc2c1.CC(C(=O)OCC(=O)OCCCCO[N+](=O)[O-])c1ccc2cc(OC(=O)CO[N+](=O)[O-])ccc2c1. The van der Waals surface area contributed by atoms with Gasteiger partial charge >= 0.3 is 35.8 Å². The van der Waals surface area contributed by atoms with Crippen LogP contribution >= 0.6 is 15.9 Å². The Hall–Kier alpha value is -7.70. The van der Waals surface area contributed by atoms with Crippen LogP contribution in [0, 0.1) is 30.3 Å². The van der Waals surface area contributed by atoms with E-state index in [1.807, 2.05) is 6.07 Å². The quantitative estimate of drug-likeness (QED) is 0.0143. The lowest BCUT2D eigenvalue weighted by Crippen LogP contribution is -2.20. The standard InChI is InChI=1S/C21H22BrNO9.C21H22N2O12/c1-14(21(26)30-13-20(25)29-8-2-3-9-31-23(27)28)15-4-5-17-11-18(32-19(24)12-22)7-6-16(17)10-15;1-14(21(26)32-12-19(24)31-8-2-3-9-33-22(27)28)15-4-5-17-11-18(7-6-16(17)10-15)35-20(25)13-34-23(29)30/h4-7,10-11,14H,2-3,8-9,12-13H2,1H3;4-7,10-11,14H,2-3,8-9,12-13H2,1H3. The van der Waals surface area contributed by atoms with Crippen molar-refractivity contribution in [3.8, 4) is 11.5 Å². The van der Waals surface area contributed by atoms with Gasteiger partial charge in [0.15, 0.2) is 19.8 Å². The van der Waals surface area contributed by atoms with Gasteiger partial charge in [0.2, 0.25) is 0 Å². The van der Waals surface area contributed by atoms with Crippen LogP contribution in [0.2, 0.25) is 0 Å². The molecule has 4 aromatic rings. The molecule has 0 aliphatic carbocycles. The molecule has 0 N–H and O–H groups in total. The monoisotopic (exact) mass is 1010 g/mol. The Kier molecular flexibility index (Phi) is 22.6. The first-order valence-electron chi connectivity index (χ1n) is 20.0. The van der Waals surface area contributed by atoms with Crippen LogP contribution in [0.3, 0.4) is 0 Å². The molecule has 0 saturated heterocycles. The minimum atomic E-state index is -1.10. The number of hydrogen-bond acceptors (Lipinski definition) is 21. The molecular formula is C42H44BrN3O21. The Balaban J connectivity index is 0.000000357. The Morgan fingerprint density at radius 2 is 0.851 bits per heavy atom. The number of rotatable bonds is 26. The predicted molar refractivity (Wildman–Crippen MR) is 231 cm³/mol. The molecule has 2 unspecified atom stereocenters. The third-order valence-corrected chi connectivity index (χ3v) is 9.36. The molecule has 2 atom stereocenters. The zero-order chi connectivity index (χ0) is 49.3. The molecule has 0 heterocycles. The van der Waals surface area contributed by atoms with Crippen molar-refractivity contribution < 1.29 is 87.0 Å². The van der Waals surface area contributed by atoms with Crippen molar-refractivity contribution in [2.75, 3.05) is 51.6 Å². The first-order chi connectivity index (χ1) is 31.9. The number of alkyl halides is 1. The van der Waals surface area contributed by atoms with Gasteiger partial charge in [-0.15, -0.1) is 30.3 Å². The highest BCUT2D eigenvalue weighted by Gasteiger charge is 2.21. The van der Waals surface area contributed by atoms with E-state index >= 15 is 0 Å². The molecule has 0 aliphatic rings. The zero-order valence-electron chi connectivity index (χ0n) is 35.9. The van der Waals surface area contributed by atoms with Crippen molar-refractivity contribution in [2.45, 2.75) is 51.4 Å². The van der Waals surface area contributed by atoms with E-state index in [1.54, 1.807) is 74.5 Å². The van der Waals surface area contributed by atoms with E-state index in [4.69, 9.17) is 28.4 Å². The van der Waals surface area contributed by atoms with Crippen LogP contribution in [0.15, 0.2) is 72.8 Å². The first-order valence-corrected chi connectivity index (χ1v) is 21.1. The fourth-order valence-corrected chi connectivity index (χ4v) is 5.61. The van der Waals surface area contributed by atoms with Crippen molar-refractivity contribution in [2.24, 2.45) is 0 Å². The summed E-state index contributed by atoms with van der Waals surface area (Å²) in [5.74, 6) is -4.73. The average Bonchev–Trinajstić information content (AvgIpc) is 3.30. The molecule has 360 valence electrons. The van der Waals surface area contributed by atoms with Gasteiger partial charge in [0, 0.05) is 0 Å². The van der Waals surface area contributed by atoms with Gasteiger partial charge in [0.1, 0.15) is 16.8 Å². The number of ether oxygens (including phenoxy) is 6. The van der Waals surface area contributed by atoms with Crippen molar-refractivity contribution in [1.29, 1.82) is 0 Å². The fourth-order valence-electron chi connectivity index (χ4n) is 5.50. The molecule has 24 nitrogen and oxygen atoms in total. The molecule has 67 heavy (non-hydrogen) atoms. The summed E-state index contributed by atoms with van der Waals surface area (Å²) in [6.45, 7) is 1.21. The largest absolute Gasteiger partial charge is 0.463 e. The number of carbonyl (C=O) groups is 6. The number of fused-ring (bicyclic) bond motifs is 2. The second-order valence-electron chi connectivity index (χ2n) is 13.7. The van der Waals surface area contributed by atoms with Crippen LogP contribution in [0.5, 0.6) is 11.5 Å². The van der Waals surface area contributed by atoms with E-state index in [2.05, 4.69) is 30.4 Å². The van der Waals surface area contributed by atoms with Gasteiger partial charge in [0.05, 0.1) is 38.3 Å². The third kappa shape index (κ3) is 20.3. The minimum Gasteiger partial charge on any atom is -0.463 e. The molecule has 0 bridgehead atoms. The number of nitrogens with zero attached hydrogens (tertiary/aromatic N) is 3. The number of halogens is 1. The van der Waals surface area contributed by atoms with E-state index in [0.29, 0.717) is 47.9 Å². The van der Waals surface area contributed by atoms with Crippen LogP contribution in [0.25, 0.3) is 21.5 Å². The Bertz CT molecular complexity index is 2400. The number of benzene rings is 4. The zero-order valence-corrected chi connectivity index (χ0v) is 37.4. The lowest BCUT2D eigenvalue weighted by molar-refractivity contribution is -0.757. The molecule has 0 aliphatic heterocycles. The summed E-state index contributed by atoms with van der Waals surface area (Å²) in [4.78, 5) is 113. The molecular weight excluding hydrogens is 962 g/mol. The van der Waals surface area contributed by atoms with E-state index in [1.165, 1.54) is 6.07 Å². The normalized spacial score (nSPS) is 11.3. The lowest BCUT2D eigenvalue weighted by Gasteiger charge is -2.13. The summed E-state index contributed by atoms with van der Waals surface area (Å²) in [6, 6.07) is 20.3. The van der Waals surface area contributed by atoms with Crippen LogP contribution in [0.1, 0.15) is 62.5 Å². The van der Waals surface area contributed by atoms with Gasteiger partial charge in [-0.3, -0.25) is 14.4 Å². The summed E-state index contributed by atoms with van der Waals surface area (Å²) >= 11 is 3.04. The molecule has 0 aromatic heterocycles. The Morgan fingerprint density at radius 1 is 0.478 bits per heavy atom. The molecule has 0 fully saturated rings. The van der Waals surface area contributed by atoms with Gasteiger partial charge in [0.25, 0.3) is 15.3 Å². The van der Waals surface area contributed by atoms with Gasteiger partial charge in [-0.1, -0.05) is 64.5 Å². The molecule has 0 amide bonds. The molecule has 4 rings (SSSR count). The van der Waals surface area contributed by atoms with Crippen molar-refractivity contribution >= 4 is 73.3 Å². The number of hydrogen-bond donors (Lipinski definition) is 0. The van der Waals surface area contributed by atoms with E-state index in [9.17, 15) is 59.1 Å². The first kappa shape index (κ1) is 53.6. The Morgan fingerprint density at radius 3 is 1.25 bits per heavy atom. The van der Waals surface area contributed by atoms with Crippen LogP contribution in [-0.2, 0) is 62.2 Å². The maximum absolute atomic E-state index is 12.3. The fraction of sp³-hybridized carbons (Fsp3) is 0.381. The number of unbranched alkanes of at least 4 members (excludes halogenated alkanes) is 2. The topological polar surface area (TPSA) is 315 Å². The van der Waals surface area contributed by atoms with E-state index in [0.717, 1.165) is 16.2 Å². The van der Waals surface area contributed by atoms with E-state index in [-0.39, 0.29) is 37.5 Å². The van der Waals surface area contributed by atoms with Gasteiger partial charge < -0.3 is 42.9 Å². The van der Waals surface area contributed by atoms with Gasteiger partial charge in [-0.2, -0.15) is 0 Å². The van der Waals surface area contributed by atoms with Gasteiger partial charge in [-0.25, -0.2) is 14.4 Å². The molecule has 0 saturated carbocycles. The second kappa shape index (κ2) is 28.3. The lowest BCUT2D eigenvalue weighted by atomic mass is 9.98. The minimum absolute atomic E-state index is 0.0116. The van der Waals surface area contributed by atoms with E-state index < -0.39 is 82.7 Å². The number of esters is 6. The molecule has 0 spiro atoms. The molecule has 25 heteroatoms. The summed E-state index contributed by atoms with van der Waals surface area (Å²) in [5.41, 5.74) is 1.32. The summed E-state index contributed by atoms with van der Waals surface area (Å²) in [5, 5.41) is 30.4. The predicted octanol–water partition coefficient (Wildman–Crippen LogP) is 5.45. The van der Waals surface area contributed by atoms with Gasteiger partial charge in [-0.05, 0) is 96.5 Å². The van der Waals surface area contributed by atoms with Crippen LogP contribution in [-0.4, -0.2) is 103 Å². The summed E-state index contributed by atoms with van der Waals surface area (Å²) in [7, 11) is 0. The highest BCUT2D eigenvalue weighted by molar-refractivity contribution is 9.09. The van der Waals surface area contributed by atoms with Crippen molar-refractivity contribution in [3.63, 3.8) is 0 Å². The van der Waals surface area contributed by atoms with Crippen molar-refractivity contribution in [3.05, 3.63) is 114 Å². The molecule has 4 aromatic carbocycles. The smallest absolute Gasteiger partial charge is 0.344 e. The summed E-state index contributed by atoms with van der Waals surface area (Å²) < 4.78 is 30.0. The highest BCUT2D eigenvalue weighted by atomic mass is 79.9. The average molecular weight is 1010 g/mol. The Labute approximate surface area is 388 Å². The highest BCUT2D eigenvalue weighted by Crippen LogP contribution is 2.28. The van der Waals surface area contributed by atoms with Crippen LogP contribution < -0.4 is 9.47 Å². The number of carbonyl (C=O) groups excluding carboxylic acids is 6. The third-order valence-electron chi connectivity index (χ3n) is 8.90. The maximum Gasteiger partial charge on any atom is 0.344 e. The van der Waals surface area contributed by atoms with Crippen molar-refractivity contribution in [1.82, 2.24) is 0 Å². The second-order valence-corrected chi connectivity index (χ2v) is 14.3. The molecule has 0 radical (unpaired) electrons.